The summed E-state index contributed by atoms with van der Waals surface area (Å²) in [6, 6.07) is 9.29. The molecule has 2 aromatic heterocycles. The fourth-order valence-corrected chi connectivity index (χ4v) is 4.67. The number of benzene rings is 1. The lowest BCUT2D eigenvalue weighted by molar-refractivity contribution is 0.328. The maximum absolute atomic E-state index is 12.8. The first-order chi connectivity index (χ1) is 12.6. The summed E-state index contributed by atoms with van der Waals surface area (Å²) >= 11 is 0. The van der Waals surface area contributed by atoms with Crippen molar-refractivity contribution in [2.24, 2.45) is 0 Å². The number of rotatable bonds is 5. The minimum atomic E-state index is -3.44. The monoisotopic (exact) mass is 373 g/mol. The molecule has 1 saturated heterocycles. The Labute approximate surface area is 151 Å². The van der Waals surface area contributed by atoms with Gasteiger partial charge in [0.15, 0.2) is 5.58 Å². The molecule has 26 heavy (non-hydrogen) atoms. The molecule has 0 saturated carbocycles. The Morgan fingerprint density at radius 2 is 2.00 bits per heavy atom. The van der Waals surface area contributed by atoms with E-state index in [4.69, 9.17) is 4.52 Å². The third kappa shape index (κ3) is 3.54. The van der Waals surface area contributed by atoms with E-state index in [1.165, 1.54) is 10.6 Å². The van der Waals surface area contributed by atoms with Crippen molar-refractivity contribution >= 4 is 26.8 Å². The van der Waals surface area contributed by atoms with Crippen molar-refractivity contribution < 1.29 is 12.9 Å². The summed E-state index contributed by atoms with van der Waals surface area (Å²) < 4.78 is 32.3. The molecular weight excluding hydrogens is 354 g/mol. The fourth-order valence-electron chi connectivity index (χ4n) is 3.17. The van der Waals surface area contributed by atoms with Gasteiger partial charge in [0, 0.05) is 30.7 Å². The first-order valence-corrected chi connectivity index (χ1v) is 10.1. The van der Waals surface area contributed by atoms with E-state index >= 15 is 0 Å². The van der Waals surface area contributed by atoms with E-state index < -0.39 is 10.0 Å². The third-order valence-electron chi connectivity index (χ3n) is 4.55. The summed E-state index contributed by atoms with van der Waals surface area (Å²) in [5.41, 5.74) is 1.06. The number of aromatic nitrogens is 3. The minimum absolute atomic E-state index is 0.145. The molecule has 1 fully saturated rings. The van der Waals surface area contributed by atoms with E-state index in [1.54, 1.807) is 18.3 Å². The molecule has 0 radical (unpaired) electrons. The van der Waals surface area contributed by atoms with E-state index in [2.05, 4.69) is 20.4 Å². The normalized spacial score (nSPS) is 16.8. The van der Waals surface area contributed by atoms with Crippen molar-refractivity contribution in [2.75, 3.05) is 18.4 Å². The molecule has 4 rings (SSSR count). The quantitative estimate of drug-likeness (QED) is 0.730. The van der Waals surface area contributed by atoms with Gasteiger partial charge >= 0.3 is 0 Å². The first-order valence-electron chi connectivity index (χ1n) is 8.45. The van der Waals surface area contributed by atoms with Gasteiger partial charge in [0.1, 0.15) is 23.6 Å². The molecule has 8 nitrogen and oxygen atoms in total. The summed E-state index contributed by atoms with van der Waals surface area (Å²) in [6.07, 6.45) is 4.62. The predicted octanol–water partition coefficient (Wildman–Crippen LogP) is 2.02. The Hall–Kier alpha value is -2.52. The number of hydrogen-bond donors (Lipinski definition) is 1. The van der Waals surface area contributed by atoms with E-state index in [9.17, 15) is 8.42 Å². The maximum Gasteiger partial charge on any atom is 0.220 e. The smallest absolute Gasteiger partial charge is 0.220 e. The van der Waals surface area contributed by atoms with Gasteiger partial charge in [-0.3, -0.25) is 0 Å². The highest BCUT2D eigenvalue weighted by molar-refractivity contribution is 7.88. The molecule has 9 heteroatoms. The van der Waals surface area contributed by atoms with Crippen LogP contribution in [-0.2, 0) is 15.8 Å². The van der Waals surface area contributed by atoms with E-state index in [0.717, 1.165) is 24.0 Å². The predicted molar refractivity (Wildman–Crippen MR) is 96.9 cm³/mol. The Kier molecular flexibility index (Phi) is 4.56. The van der Waals surface area contributed by atoms with Crippen LogP contribution in [0.1, 0.15) is 18.5 Å². The van der Waals surface area contributed by atoms with Crippen molar-refractivity contribution in [3.8, 4) is 0 Å². The Balaban J connectivity index is 1.40. The summed E-state index contributed by atoms with van der Waals surface area (Å²) in [6.45, 7) is 0.946. The average molecular weight is 373 g/mol. The number of sulfonamides is 1. The second-order valence-corrected chi connectivity index (χ2v) is 8.26. The lowest BCUT2D eigenvalue weighted by atomic mass is 10.1. The van der Waals surface area contributed by atoms with E-state index in [1.807, 2.05) is 18.2 Å². The highest BCUT2D eigenvalue weighted by Gasteiger charge is 2.29. The molecular formula is C17H19N5O3S. The number of fused-ring (bicyclic) bond motifs is 1. The molecule has 1 aromatic carbocycles. The molecule has 0 atom stereocenters. The van der Waals surface area contributed by atoms with E-state index in [-0.39, 0.29) is 11.8 Å². The maximum atomic E-state index is 12.8. The molecule has 3 aromatic rings. The van der Waals surface area contributed by atoms with Crippen molar-refractivity contribution in [1.29, 1.82) is 0 Å². The molecule has 136 valence electrons. The van der Waals surface area contributed by atoms with Crippen LogP contribution in [0.4, 0.5) is 5.82 Å². The molecule has 0 amide bonds. The SMILES string of the molecule is O=S(=O)(Cc1noc2ccccc12)N1CCC(Nc2ccncn2)CC1. The summed E-state index contributed by atoms with van der Waals surface area (Å²) in [4.78, 5) is 8.03. The zero-order valence-electron chi connectivity index (χ0n) is 14.1. The van der Waals surface area contributed by atoms with Crippen LogP contribution in [0, 0.1) is 0 Å². The zero-order chi connectivity index (χ0) is 18.0. The van der Waals surface area contributed by atoms with Gasteiger partial charge in [0.2, 0.25) is 10.0 Å². The van der Waals surface area contributed by atoms with Crippen molar-refractivity contribution in [1.82, 2.24) is 19.4 Å². The molecule has 3 heterocycles. The van der Waals surface area contributed by atoms with Crippen LogP contribution in [0.5, 0.6) is 0 Å². The standard InChI is InChI=1S/C17H19N5O3S/c23-26(24,11-15-14-3-1-2-4-16(14)25-21-15)22-9-6-13(7-10-22)20-17-5-8-18-12-19-17/h1-5,8,12-13H,6-7,9-11H2,(H,18,19,20). The van der Waals surface area contributed by atoms with Gasteiger partial charge in [0.05, 0.1) is 0 Å². The van der Waals surface area contributed by atoms with Gasteiger partial charge in [-0.15, -0.1) is 0 Å². The van der Waals surface area contributed by atoms with Crippen LogP contribution in [0.3, 0.4) is 0 Å². The lowest BCUT2D eigenvalue weighted by Crippen LogP contribution is -2.42. The van der Waals surface area contributed by atoms with Gasteiger partial charge in [-0.2, -0.15) is 0 Å². The minimum Gasteiger partial charge on any atom is -0.367 e. The fraction of sp³-hybridized carbons (Fsp3) is 0.353. The molecule has 0 aliphatic carbocycles. The van der Waals surface area contributed by atoms with Crippen LogP contribution in [0.2, 0.25) is 0 Å². The second-order valence-electron chi connectivity index (χ2n) is 6.29. The van der Waals surface area contributed by atoms with Crippen LogP contribution in [-0.4, -0.2) is 47.0 Å². The Bertz CT molecular complexity index is 982. The topological polar surface area (TPSA) is 101 Å². The summed E-state index contributed by atoms with van der Waals surface area (Å²) in [7, 11) is -3.44. The highest BCUT2D eigenvalue weighted by atomic mass is 32.2. The molecule has 0 spiro atoms. The molecule has 0 unspecified atom stereocenters. The van der Waals surface area contributed by atoms with E-state index in [0.29, 0.717) is 24.4 Å². The van der Waals surface area contributed by atoms with Gasteiger partial charge in [-0.05, 0) is 31.0 Å². The Morgan fingerprint density at radius 1 is 1.19 bits per heavy atom. The summed E-state index contributed by atoms with van der Waals surface area (Å²) in [5, 5.41) is 8.01. The molecule has 1 aliphatic heterocycles. The van der Waals surface area contributed by atoms with Gasteiger partial charge in [0.25, 0.3) is 0 Å². The van der Waals surface area contributed by atoms with Crippen LogP contribution < -0.4 is 5.32 Å². The van der Waals surface area contributed by atoms with Crippen LogP contribution in [0.25, 0.3) is 11.0 Å². The number of hydrogen-bond acceptors (Lipinski definition) is 7. The zero-order valence-corrected chi connectivity index (χ0v) is 14.9. The van der Waals surface area contributed by atoms with Crippen LogP contribution >= 0.6 is 0 Å². The van der Waals surface area contributed by atoms with Gasteiger partial charge in [-0.1, -0.05) is 17.3 Å². The highest BCUT2D eigenvalue weighted by Crippen LogP contribution is 2.23. The number of nitrogens with one attached hydrogen (secondary N) is 1. The number of anilines is 1. The Morgan fingerprint density at radius 3 is 2.77 bits per heavy atom. The molecule has 0 bridgehead atoms. The second kappa shape index (κ2) is 7.00. The largest absolute Gasteiger partial charge is 0.367 e. The lowest BCUT2D eigenvalue weighted by Gasteiger charge is -2.31. The summed E-state index contributed by atoms with van der Waals surface area (Å²) in [5.74, 6) is 0.615. The van der Waals surface area contributed by atoms with Gasteiger partial charge in [-0.25, -0.2) is 22.7 Å². The average Bonchev–Trinajstić information content (AvgIpc) is 3.06. The van der Waals surface area contributed by atoms with Crippen molar-refractivity contribution in [3.05, 3.63) is 48.5 Å². The van der Waals surface area contributed by atoms with Crippen molar-refractivity contribution in [2.45, 2.75) is 24.6 Å². The third-order valence-corrected chi connectivity index (χ3v) is 6.34. The van der Waals surface area contributed by atoms with Gasteiger partial charge < -0.3 is 9.84 Å². The molecule has 1 aliphatic rings. The van der Waals surface area contributed by atoms with Crippen molar-refractivity contribution in [3.63, 3.8) is 0 Å². The van der Waals surface area contributed by atoms with Crippen LogP contribution in [0.15, 0.2) is 47.4 Å². The number of nitrogens with zero attached hydrogens (tertiary/aromatic N) is 4. The first kappa shape index (κ1) is 16.9. The number of piperidine rings is 1. The molecule has 1 N–H and O–H groups in total. The number of para-hydroxylation sites is 1.